The molecule has 120 valence electrons. The third-order valence-electron chi connectivity index (χ3n) is 3.80. The van der Waals surface area contributed by atoms with Crippen LogP contribution in [-0.2, 0) is 0 Å². The Morgan fingerprint density at radius 1 is 1.24 bits per heavy atom. The van der Waals surface area contributed by atoms with E-state index >= 15 is 0 Å². The van der Waals surface area contributed by atoms with Gasteiger partial charge in [-0.05, 0) is 18.6 Å². The molecule has 1 aliphatic heterocycles. The van der Waals surface area contributed by atoms with Gasteiger partial charge >= 0.3 is 0 Å². The molecule has 0 aromatic heterocycles. The van der Waals surface area contributed by atoms with Crippen LogP contribution in [0.5, 0.6) is 0 Å². The van der Waals surface area contributed by atoms with E-state index < -0.39 is 11.6 Å². The molecular weight excluding hydrogens is 362 g/mol. The zero-order valence-corrected chi connectivity index (χ0v) is 14.6. The number of benzene rings is 1. The minimum atomic E-state index is -0.448. The van der Waals surface area contributed by atoms with E-state index in [0.29, 0.717) is 4.47 Å². The average Bonchev–Trinajstić information content (AvgIpc) is 2.42. The average molecular weight is 384 g/mol. The Bertz CT molecular complexity index is 430. The van der Waals surface area contributed by atoms with Crippen LogP contribution < -0.4 is 5.32 Å². The summed E-state index contributed by atoms with van der Waals surface area (Å²) in [5.74, 6) is -0.895. The van der Waals surface area contributed by atoms with Gasteiger partial charge in [0.15, 0.2) is 0 Å². The first-order valence-corrected chi connectivity index (χ1v) is 8.02. The molecule has 1 saturated heterocycles. The molecule has 1 aromatic carbocycles. The predicted molar refractivity (Wildman–Crippen MR) is 88.0 cm³/mol. The third-order valence-corrected chi connectivity index (χ3v) is 4.26. The minimum absolute atomic E-state index is 0. The van der Waals surface area contributed by atoms with Crippen LogP contribution in [0.15, 0.2) is 16.6 Å². The van der Waals surface area contributed by atoms with Crippen molar-refractivity contribution in [2.75, 3.05) is 26.2 Å². The van der Waals surface area contributed by atoms with Gasteiger partial charge in [-0.1, -0.05) is 35.7 Å². The molecule has 1 N–H and O–H groups in total. The van der Waals surface area contributed by atoms with E-state index in [2.05, 4.69) is 33.1 Å². The summed E-state index contributed by atoms with van der Waals surface area (Å²) >= 11 is 3.14. The molecule has 1 atom stereocenters. The van der Waals surface area contributed by atoms with Gasteiger partial charge in [0.25, 0.3) is 0 Å². The molecule has 0 bridgehead atoms. The van der Waals surface area contributed by atoms with Crippen LogP contribution in [0, 0.1) is 11.6 Å². The molecule has 0 aliphatic carbocycles. The smallest absolute Gasteiger partial charge is 0.132 e. The minimum Gasteiger partial charge on any atom is -0.314 e. The second kappa shape index (κ2) is 9.03. The SMILES string of the molecule is CCCC[C@H](c1c(F)cc(Br)cc1F)N1CCNCC1.Cl. The largest absolute Gasteiger partial charge is 0.314 e. The van der Waals surface area contributed by atoms with Crippen molar-refractivity contribution in [1.82, 2.24) is 10.2 Å². The van der Waals surface area contributed by atoms with Gasteiger partial charge in [0.2, 0.25) is 0 Å². The number of halogens is 4. The van der Waals surface area contributed by atoms with E-state index in [9.17, 15) is 8.78 Å². The second-order valence-electron chi connectivity index (χ2n) is 5.23. The number of nitrogens with zero attached hydrogens (tertiary/aromatic N) is 1. The van der Waals surface area contributed by atoms with E-state index in [1.165, 1.54) is 12.1 Å². The van der Waals surface area contributed by atoms with Gasteiger partial charge in [-0.25, -0.2) is 8.78 Å². The molecule has 0 unspecified atom stereocenters. The van der Waals surface area contributed by atoms with Crippen molar-refractivity contribution in [3.63, 3.8) is 0 Å². The summed E-state index contributed by atoms with van der Waals surface area (Å²) in [6.07, 6.45) is 2.80. The molecule has 1 heterocycles. The Morgan fingerprint density at radius 3 is 2.33 bits per heavy atom. The highest BCUT2D eigenvalue weighted by Crippen LogP contribution is 2.32. The van der Waals surface area contributed by atoms with Crippen LogP contribution in [-0.4, -0.2) is 31.1 Å². The molecule has 0 spiro atoms. The maximum absolute atomic E-state index is 14.2. The Kier molecular flexibility index (Phi) is 8.09. The van der Waals surface area contributed by atoms with Crippen LogP contribution in [0.2, 0.25) is 0 Å². The Hall–Kier alpha value is -0.230. The Labute approximate surface area is 139 Å². The fourth-order valence-electron chi connectivity index (χ4n) is 2.77. The normalized spacial score (nSPS) is 17.3. The predicted octanol–water partition coefficient (Wildman–Crippen LogP) is 4.29. The number of hydrogen-bond acceptors (Lipinski definition) is 2. The molecule has 0 amide bonds. The topological polar surface area (TPSA) is 15.3 Å². The van der Waals surface area contributed by atoms with Crippen molar-refractivity contribution < 1.29 is 8.78 Å². The van der Waals surface area contributed by atoms with Crippen LogP contribution in [0.25, 0.3) is 0 Å². The molecular formula is C15H22BrClF2N2. The number of rotatable bonds is 5. The highest BCUT2D eigenvalue weighted by Gasteiger charge is 2.27. The molecule has 6 heteroatoms. The van der Waals surface area contributed by atoms with Crippen LogP contribution in [0.4, 0.5) is 8.78 Å². The van der Waals surface area contributed by atoms with E-state index in [0.717, 1.165) is 45.4 Å². The summed E-state index contributed by atoms with van der Waals surface area (Å²) in [7, 11) is 0. The van der Waals surface area contributed by atoms with E-state index in [1.54, 1.807) is 0 Å². The van der Waals surface area contributed by atoms with Gasteiger partial charge in [0.05, 0.1) is 0 Å². The van der Waals surface area contributed by atoms with Gasteiger partial charge in [0, 0.05) is 42.3 Å². The molecule has 0 radical (unpaired) electrons. The maximum Gasteiger partial charge on any atom is 0.132 e. The first kappa shape index (κ1) is 18.8. The lowest BCUT2D eigenvalue weighted by Gasteiger charge is -2.35. The summed E-state index contributed by atoms with van der Waals surface area (Å²) in [5, 5.41) is 3.28. The summed E-state index contributed by atoms with van der Waals surface area (Å²) in [4.78, 5) is 2.20. The lowest BCUT2D eigenvalue weighted by molar-refractivity contribution is 0.156. The second-order valence-corrected chi connectivity index (χ2v) is 6.14. The molecule has 1 aliphatic rings. The first-order chi connectivity index (χ1) is 9.63. The van der Waals surface area contributed by atoms with Gasteiger partial charge in [-0.15, -0.1) is 12.4 Å². The van der Waals surface area contributed by atoms with Crippen LogP contribution >= 0.6 is 28.3 Å². The summed E-state index contributed by atoms with van der Waals surface area (Å²) in [5.41, 5.74) is 0.226. The van der Waals surface area contributed by atoms with Crippen LogP contribution in [0.1, 0.15) is 37.8 Å². The first-order valence-electron chi connectivity index (χ1n) is 7.22. The zero-order chi connectivity index (χ0) is 14.5. The lowest BCUT2D eigenvalue weighted by Crippen LogP contribution is -2.45. The van der Waals surface area contributed by atoms with Crippen molar-refractivity contribution in [3.8, 4) is 0 Å². The van der Waals surface area contributed by atoms with Gasteiger partial charge in [-0.2, -0.15) is 0 Å². The summed E-state index contributed by atoms with van der Waals surface area (Å²) < 4.78 is 28.9. The fourth-order valence-corrected chi connectivity index (χ4v) is 3.17. The third kappa shape index (κ3) is 4.88. The Morgan fingerprint density at radius 2 is 1.81 bits per heavy atom. The molecule has 1 aromatic rings. The zero-order valence-electron chi connectivity index (χ0n) is 12.2. The van der Waals surface area contributed by atoms with Crippen molar-refractivity contribution in [3.05, 3.63) is 33.8 Å². The van der Waals surface area contributed by atoms with E-state index in [4.69, 9.17) is 0 Å². The van der Waals surface area contributed by atoms with Gasteiger partial charge < -0.3 is 5.32 Å². The maximum atomic E-state index is 14.2. The number of hydrogen-bond donors (Lipinski definition) is 1. The monoisotopic (exact) mass is 382 g/mol. The standard InChI is InChI=1S/C15H21BrF2N2.ClH/c1-2-3-4-14(20-7-5-19-6-8-20)15-12(17)9-11(16)10-13(15)18;/h9-10,14,19H,2-8H2,1H3;1H/t14-;/m1./s1. The van der Waals surface area contributed by atoms with Gasteiger partial charge in [-0.3, -0.25) is 4.90 Å². The highest BCUT2D eigenvalue weighted by molar-refractivity contribution is 9.10. The number of nitrogens with one attached hydrogen (secondary N) is 1. The van der Waals surface area contributed by atoms with Crippen molar-refractivity contribution in [2.24, 2.45) is 0 Å². The van der Waals surface area contributed by atoms with Crippen molar-refractivity contribution in [2.45, 2.75) is 32.2 Å². The molecule has 0 saturated carbocycles. The number of piperazine rings is 1. The van der Waals surface area contributed by atoms with Gasteiger partial charge in [0.1, 0.15) is 11.6 Å². The lowest BCUT2D eigenvalue weighted by atomic mass is 9.97. The Balaban J connectivity index is 0.00000220. The van der Waals surface area contributed by atoms with Crippen molar-refractivity contribution in [1.29, 1.82) is 0 Å². The van der Waals surface area contributed by atoms with E-state index in [-0.39, 0.29) is 24.0 Å². The highest BCUT2D eigenvalue weighted by atomic mass is 79.9. The van der Waals surface area contributed by atoms with E-state index in [1.807, 2.05) is 0 Å². The number of unbranched alkanes of at least 4 members (excludes halogenated alkanes) is 1. The molecule has 21 heavy (non-hydrogen) atoms. The molecule has 2 nitrogen and oxygen atoms in total. The van der Waals surface area contributed by atoms with Crippen LogP contribution in [0.3, 0.4) is 0 Å². The molecule has 1 fully saturated rings. The van der Waals surface area contributed by atoms with Crippen molar-refractivity contribution >= 4 is 28.3 Å². The quantitative estimate of drug-likeness (QED) is 0.816. The summed E-state index contributed by atoms with van der Waals surface area (Å²) in [6, 6.07) is 2.56. The summed E-state index contributed by atoms with van der Waals surface area (Å²) in [6.45, 7) is 5.53. The fraction of sp³-hybridized carbons (Fsp3) is 0.600. The molecule has 2 rings (SSSR count).